The molecule has 0 aliphatic carbocycles. The third kappa shape index (κ3) is 10.0. The second kappa shape index (κ2) is 21.2. The first-order chi connectivity index (χ1) is 34.6. The molecule has 6 aromatic heterocycles. The number of likely N-dealkylation sites (tertiary alicyclic amines) is 2. The van der Waals surface area contributed by atoms with Crippen LogP contribution in [0.4, 0.5) is 11.6 Å². The molecular formula is C55H52N12O4. The molecule has 16 nitrogen and oxygen atoms in total. The van der Waals surface area contributed by atoms with Crippen LogP contribution in [0.15, 0.2) is 135 Å². The zero-order valence-electron chi connectivity index (χ0n) is 39.7. The van der Waals surface area contributed by atoms with Crippen LogP contribution in [0.5, 0.6) is 0 Å². The number of nitrogens with zero attached hydrogens (tertiary/aromatic N) is 10. The Bertz CT molecular complexity index is 3320. The Hall–Kier alpha value is -8.84. The van der Waals surface area contributed by atoms with Gasteiger partial charge in [0.15, 0.2) is 0 Å². The Morgan fingerprint density at radius 1 is 0.606 bits per heavy atom. The van der Waals surface area contributed by atoms with Crippen LogP contribution in [0.3, 0.4) is 0 Å². The number of benzene rings is 2. The number of imidazole rings is 2. The van der Waals surface area contributed by atoms with Crippen LogP contribution in [0.25, 0.3) is 33.5 Å². The number of anilines is 2. The minimum Gasteiger partial charge on any atom is -0.329 e. The number of aryl methyl sites for hydroxylation is 2. The van der Waals surface area contributed by atoms with Crippen molar-refractivity contribution < 1.29 is 19.2 Å². The lowest BCUT2D eigenvalue weighted by Gasteiger charge is -2.34. The van der Waals surface area contributed by atoms with E-state index in [9.17, 15) is 19.2 Å². The molecule has 4 amide bonds. The van der Waals surface area contributed by atoms with E-state index < -0.39 is 0 Å². The molecule has 0 spiro atoms. The van der Waals surface area contributed by atoms with Crippen molar-refractivity contribution in [3.8, 4) is 34.4 Å². The minimum absolute atomic E-state index is 0.0814. The van der Waals surface area contributed by atoms with E-state index >= 15 is 0 Å². The number of hydrogen-bond donors (Lipinski definition) is 2. The fourth-order valence-electron chi connectivity index (χ4n) is 9.32. The van der Waals surface area contributed by atoms with Crippen molar-refractivity contribution in [2.24, 2.45) is 0 Å². The maximum absolute atomic E-state index is 12.8. The molecule has 2 aliphatic heterocycles. The molecule has 2 aromatic carbocycles. The number of rotatable bonds is 9. The summed E-state index contributed by atoms with van der Waals surface area (Å²) in [5.41, 5.74) is 7.79. The molecule has 10 rings (SSSR count). The lowest BCUT2D eigenvalue weighted by atomic mass is 10.0. The molecule has 0 unspecified atom stereocenters. The first-order valence-corrected chi connectivity index (χ1v) is 23.6. The van der Waals surface area contributed by atoms with E-state index in [-0.39, 0.29) is 35.7 Å². The maximum Gasteiger partial charge on any atom is 0.299 e. The van der Waals surface area contributed by atoms with Crippen molar-refractivity contribution in [3.05, 3.63) is 169 Å². The van der Waals surface area contributed by atoms with Crippen molar-refractivity contribution in [1.29, 1.82) is 0 Å². The number of pyridine rings is 2. The predicted molar refractivity (Wildman–Crippen MR) is 271 cm³/mol. The number of amides is 4. The van der Waals surface area contributed by atoms with E-state index in [0.29, 0.717) is 35.9 Å². The Balaban J connectivity index is 0.000000176. The smallest absolute Gasteiger partial charge is 0.299 e. The number of nitrogens with one attached hydrogen (secondary N) is 2. The highest BCUT2D eigenvalue weighted by Crippen LogP contribution is 2.37. The summed E-state index contributed by atoms with van der Waals surface area (Å²) in [6.45, 7) is 10.6. The SMILES string of the molecule is C=CC(=O)N1CCCC[C@H]1c1nc(-c2ccc(C(=O)Nc3ccccn3)cc2)c2c(C)nccn12.CC#CC(=O)N1CCCC[C@H]1c1nc(-c2ccc(C(=O)Nc3ccccn3)cc2)c2c(C)nccn12. The van der Waals surface area contributed by atoms with E-state index in [1.165, 1.54) is 6.08 Å². The van der Waals surface area contributed by atoms with Gasteiger partial charge in [-0.15, -0.1) is 0 Å². The second-order valence-electron chi connectivity index (χ2n) is 17.2. The zero-order chi connectivity index (χ0) is 49.4. The highest BCUT2D eigenvalue weighted by Gasteiger charge is 2.33. The van der Waals surface area contributed by atoms with Crippen LogP contribution in [0, 0.1) is 25.7 Å². The first-order valence-electron chi connectivity index (χ1n) is 23.6. The van der Waals surface area contributed by atoms with Gasteiger partial charge in [0.25, 0.3) is 17.7 Å². The van der Waals surface area contributed by atoms with Crippen molar-refractivity contribution in [2.45, 2.75) is 71.4 Å². The average molecular weight is 945 g/mol. The predicted octanol–water partition coefficient (Wildman–Crippen LogP) is 9.02. The summed E-state index contributed by atoms with van der Waals surface area (Å²) >= 11 is 0. The third-order valence-electron chi connectivity index (χ3n) is 12.7. The standard InChI is InChI=1S/C28H26N6O2.C27H26N6O2/c1-3-8-24(35)33-17-7-5-9-22(33)27-32-25(26-19(2)29-16-18-34(26)27)20-11-13-21(14-12-20)28(36)31-23-10-4-6-15-30-23;1-3-23(34)32-16-7-5-8-21(32)26-31-24(25-18(2)28-15-17-33(25)26)19-10-12-20(13-11-19)27(35)30-22-9-4-6-14-29-22/h4,6,10-16,18,22H,5,7,9,17H2,1-2H3,(H,30,31,36);3-4,6,9-15,17,21H,1,5,7-8,16H2,2H3,(H,29,30,35)/t22-;21-/m00/s1. The topological polar surface area (TPSA) is 185 Å². The van der Waals surface area contributed by atoms with Crippen LogP contribution >= 0.6 is 0 Å². The van der Waals surface area contributed by atoms with Gasteiger partial charge in [-0.2, -0.15) is 0 Å². The lowest BCUT2D eigenvalue weighted by Crippen LogP contribution is -2.38. The Labute approximate surface area is 411 Å². The molecule has 2 saturated heterocycles. The molecule has 2 N–H and O–H groups in total. The first kappa shape index (κ1) is 47.2. The molecular weight excluding hydrogens is 893 g/mol. The summed E-state index contributed by atoms with van der Waals surface area (Å²) in [7, 11) is 0. The zero-order valence-corrected chi connectivity index (χ0v) is 39.7. The number of carbonyl (C=O) groups is 4. The van der Waals surface area contributed by atoms with Crippen molar-refractivity contribution >= 4 is 46.3 Å². The number of carbonyl (C=O) groups excluding carboxylic acids is 4. The largest absolute Gasteiger partial charge is 0.329 e. The molecule has 8 aromatic rings. The molecule has 2 atom stereocenters. The van der Waals surface area contributed by atoms with E-state index in [0.717, 1.165) is 95.1 Å². The fraction of sp³-hybridized carbons (Fsp3) is 0.236. The molecule has 8 heterocycles. The van der Waals surface area contributed by atoms with Gasteiger partial charge in [-0.25, -0.2) is 19.9 Å². The Kier molecular flexibility index (Phi) is 14.1. The number of aromatic nitrogens is 8. The lowest BCUT2D eigenvalue weighted by molar-refractivity contribution is -0.130. The normalized spacial score (nSPS) is 15.5. The van der Waals surface area contributed by atoms with Gasteiger partial charge >= 0.3 is 0 Å². The summed E-state index contributed by atoms with van der Waals surface area (Å²) in [6.07, 6.45) is 17.6. The van der Waals surface area contributed by atoms with Crippen LogP contribution in [0.1, 0.15) is 101 Å². The van der Waals surface area contributed by atoms with Crippen LogP contribution in [-0.2, 0) is 9.59 Å². The number of piperidine rings is 2. The van der Waals surface area contributed by atoms with Crippen molar-refractivity contribution in [1.82, 2.24) is 48.5 Å². The van der Waals surface area contributed by atoms with Gasteiger partial charge in [-0.05, 0) is 120 Å². The van der Waals surface area contributed by atoms with Gasteiger partial charge in [0.05, 0.1) is 45.9 Å². The maximum atomic E-state index is 12.8. The van der Waals surface area contributed by atoms with E-state index in [1.54, 1.807) is 80.2 Å². The summed E-state index contributed by atoms with van der Waals surface area (Å²) in [5, 5.41) is 5.60. The molecule has 0 saturated carbocycles. The van der Waals surface area contributed by atoms with E-state index in [1.807, 2.05) is 81.2 Å². The summed E-state index contributed by atoms with van der Waals surface area (Å²) in [6, 6.07) is 25.1. The molecule has 16 heteroatoms. The van der Waals surface area contributed by atoms with Crippen LogP contribution < -0.4 is 10.6 Å². The quantitative estimate of drug-likeness (QED) is 0.105. The minimum atomic E-state index is -0.234. The van der Waals surface area contributed by atoms with Crippen LogP contribution in [0.2, 0.25) is 0 Å². The van der Waals surface area contributed by atoms with Crippen molar-refractivity contribution in [3.63, 3.8) is 0 Å². The third-order valence-corrected chi connectivity index (χ3v) is 12.7. The van der Waals surface area contributed by atoms with Gasteiger partial charge in [0, 0.05) is 72.5 Å². The number of fused-ring (bicyclic) bond motifs is 2. The monoisotopic (exact) mass is 944 g/mol. The summed E-state index contributed by atoms with van der Waals surface area (Å²) < 4.78 is 4.08. The summed E-state index contributed by atoms with van der Waals surface area (Å²) in [4.78, 5) is 81.7. The second-order valence-corrected chi connectivity index (χ2v) is 17.2. The van der Waals surface area contributed by atoms with E-state index in [4.69, 9.17) is 9.97 Å². The molecule has 2 aliphatic rings. The van der Waals surface area contributed by atoms with Gasteiger partial charge in [0.2, 0.25) is 5.91 Å². The molecule has 356 valence electrons. The fourth-order valence-corrected chi connectivity index (χ4v) is 9.32. The number of hydrogen-bond acceptors (Lipinski definition) is 10. The Morgan fingerprint density at radius 3 is 1.51 bits per heavy atom. The average Bonchev–Trinajstić information content (AvgIpc) is 4.00. The van der Waals surface area contributed by atoms with Gasteiger partial charge in [0.1, 0.15) is 23.3 Å². The molecule has 0 radical (unpaired) electrons. The Morgan fingerprint density at radius 2 is 1.07 bits per heavy atom. The highest BCUT2D eigenvalue weighted by atomic mass is 16.2. The molecule has 0 bridgehead atoms. The molecule has 71 heavy (non-hydrogen) atoms. The van der Waals surface area contributed by atoms with Gasteiger partial charge in [-0.3, -0.25) is 37.9 Å². The highest BCUT2D eigenvalue weighted by molar-refractivity contribution is 6.05. The summed E-state index contributed by atoms with van der Waals surface area (Å²) in [5.74, 6) is 7.31. The van der Waals surface area contributed by atoms with Crippen LogP contribution in [-0.4, -0.2) is 85.2 Å². The van der Waals surface area contributed by atoms with E-state index in [2.05, 4.69) is 49.0 Å². The van der Waals surface area contributed by atoms with Gasteiger partial charge in [-0.1, -0.05) is 48.9 Å². The molecule has 2 fully saturated rings. The van der Waals surface area contributed by atoms with Crippen molar-refractivity contribution in [2.75, 3.05) is 23.7 Å². The van der Waals surface area contributed by atoms with Gasteiger partial charge < -0.3 is 20.4 Å².